The van der Waals surface area contributed by atoms with Crippen LogP contribution in [0.3, 0.4) is 0 Å². The highest BCUT2D eigenvalue weighted by molar-refractivity contribution is 7.98. The first-order valence-electron chi connectivity index (χ1n) is 4.65. The van der Waals surface area contributed by atoms with Gasteiger partial charge in [-0.15, -0.1) is 0 Å². The molecule has 4 nitrogen and oxygen atoms in total. The Morgan fingerprint density at radius 1 is 1.71 bits per heavy atom. The van der Waals surface area contributed by atoms with E-state index in [1.54, 1.807) is 11.8 Å². The van der Waals surface area contributed by atoms with Gasteiger partial charge < -0.3 is 10.0 Å². The third-order valence-corrected chi connectivity index (χ3v) is 2.97. The molecule has 1 aliphatic rings. The van der Waals surface area contributed by atoms with Crippen molar-refractivity contribution < 1.29 is 14.7 Å². The van der Waals surface area contributed by atoms with Crippen molar-refractivity contribution in [1.29, 1.82) is 0 Å². The summed E-state index contributed by atoms with van der Waals surface area (Å²) in [5, 5.41) is 8.97. The Labute approximate surface area is 87.7 Å². The van der Waals surface area contributed by atoms with Crippen molar-refractivity contribution in [3.8, 4) is 0 Å². The predicted molar refractivity (Wildman–Crippen MR) is 55.3 cm³/mol. The van der Waals surface area contributed by atoms with E-state index in [2.05, 4.69) is 0 Å². The molecule has 0 saturated heterocycles. The third-order valence-electron chi connectivity index (χ3n) is 2.33. The quantitative estimate of drug-likeness (QED) is 0.641. The molecule has 1 N–H and O–H groups in total. The molecule has 0 aromatic rings. The summed E-state index contributed by atoms with van der Waals surface area (Å²) in [6.45, 7) is 0. The standard InChI is InChI=1S/C9H15NO3S/c1-14-5-4-8(9(12)13)10(6-11)7-2-3-7/h6-8H,2-5H2,1H3,(H,12,13). The molecule has 1 unspecified atom stereocenters. The van der Waals surface area contributed by atoms with Crippen molar-refractivity contribution in [2.45, 2.75) is 31.3 Å². The maximum atomic E-state index is 10.9. The summed E-state index contributed by atoms with van der Waals surface area (Å²) in [5.74, 6) is -0.119. The Balaban J connectivity index is 2.53. The second kappa shape index (κ2) is 5.24. The summed E-state index contributed by atoms with van der Waals surface area (Å²) in [7, 11) is 0. The monoisotopic (exact) mass is 217 g/mol. The molecule has 80 valence electrons. The second-order valence-electron chi connectivity index (χ2n) is 3.42. The van der Waals surface area contributed by atoms with E-state index in [9.17, 15) is 9.59 Å². The van der Waals surface area contributed by atoms with Gasteiger partial charge in [-0.2, -0.15) is 11.8 Å². The van der Waals surface area contributed by atoms with Crippen molar-refractivity contribution in [3.05, 3.63) is 0 Å². The number of carboxylic acids is 1. The molecule has 14 heavy (non-hydrogen) atoms. The lowest BCUT2D eigenvalue weighted by molar-refractivity contribution is -0.146. The number of hydrogen-bond acceptors (Lipinski definition) is 3. The van der Waals surface area contributed by atoms with Crippen LogP contribution in [0.5, 0.6) is 0 Å². The first-order chi connectivity index (χ1) is 6.70. The highest BCUT2D eigenvalue weighted by atomic mass is 32.2. The van der Waals surface area contributed by atoms with E-state index in [4.69, 9.17) is 5.11 Å². The van der Waals surface area contributed by atoms with E-state index >= 15 is 0 Å². The van der Waals surface area contributed by atoms with Crippen LogP contribution in [0.4, 0.5) is 0 Å². The zero-order chi connectivity index (χ0) is 10.6. The Hall–Kier alpha value is -0.710. The van der Waals surface area contributed by atoms with Gasteiger partial charge in [0.25, 0.3) is 0 Å². The zero-order valence-electron chi connectivity index (χ0n) is 8.18. The van der Waals surface area contributed by atoms with E-state index in [1.165, 1.54) is 4.90 Å². The number of rotatable bonds is 7. The molecule has 0 bridgehead atoms. The molecule has 0 heterocycles. The molecule has 0 spiro atoms. The van der Waals surface area contributed by atoms with Crippen LogP contribution in [0.25, 0.3) is 0 Å². The summed E-state index contributed by atoms with van der Waals surface area (Å²) in [4.78, 5) is 23.1. The van der Waals surface area contributed by atoms with Gasteiger partial charge in [0.1, 0.15) is 6.04 Å². The fraction of sp³-hybridized carbons (Fsp3) is 0.778. The van der Waals surface area contributed by atoms with Gasteiger partial charge in [-0.1, -0.05) is 0 Å². The lowest BCUT2D eigenvalue weighted by Crippen LogP contribution is -2.42. The highest BCUT2D eigenvalue weighted by Crippen LogP contribution is 2.28. The summed E-state index contributed by atoms with van der Waals surface area (Å²) in [5.41, 5.74) is 0. The van der Waals surface area contributed by atoms with Crippen molar-refractivity contribution in [2.75, 3.05) is 12.0 Å². The Morgan fingerprint density at radius 3 is 2.71 bits per heavy atom. The molecular formula is C9H15NO3S. The van der Waals surface area contributed by atoms with Crippen LogP contribution in [0.15, 0.2) is 0 Å². The Bertz CT molecular complexity index is 218. The Morgan fingerprint density at radius 2 is 2.36 bits per heavy atom. The van der Waals surface area contributed by atoms with Crippen LogP contribution >= 0.6 is 11.8 Å². The first-order valence-corrected chi connectivity index (χ1v) is 6.04. The molecule has 0 radical (unpaired) electrons. The fourth-order valence-electron chi connectivity index (χ4n) is 1.42. The van der Waals surface area contributed by atoms with E-state index in [-0.39, 0.29) is 6.04 Å². The third kappa shape index (κ3) is 2.90. The first kappa shape index (κ1) is 11.4. The van der Waals surface area contributed by atoms with Crippen LogP contribution in [-0.4, -0.2) is 46.5 Å². The maximum absolute atomic E-state index is 10.9. The number of nitrogens with zero attached hydrogens (tertiary/aromatic N) is 1. The van der Waals surface area contributed by atoms with E-state index in [1.807, 2.05) is 6.26 Å². The number of thioether (sulfide) groups is 1. The van der Waals surface area contributed by atoms with E-state index in [0.29, 0.717) is 12.8 Å². The number of carboxylic acid groups (broad SMARTS) is 1. The number of carbonyl (C=O) groups is 2. The average Bonchev–Trinajstić information content (AvgIpc) is 2.95. The van der Waals surface area contributed by atoms with E-state index < -0.39 is 12.0 Å². The lowest BCUT2D eigenvalue weighted by Gasteiger charge is -2.24. The summed E-state index contributed by atoms with van der Waals surface area (Å²) in [6, 6.07) is -0.456. The maximum Gasteiger partial charge on any atom is 0.326 e. The van der Waals surface area contributed by atoms with Gasteiger partial charge in [0.05, 0.1) is 0 Å². The fourth-order valence-corrected chi connectivity index (χ4v) is 1.88. The van der Waals surface area contributed by atoms with E-state index in [0.717, 1.165) is 18.6 Å². The van der Waals surface area contributed by atoms with Gasteiger partial charge in [-0.25, -0.2) is 4.79 Å². The van der Waals surface area contributed by atoms with Gasteiger partial charge in [-0.05, 0) is 31.3 Å². The lowest BCUT2D eigenvalue weighted by atomic mass is 10.2. The van der Waals surface area contributed by atoms with Crippen molar-refractivity contribution in [1.82, 2.24) is 4.90 Å². The van der Waals surface area contributed by atoms with Gasteiger partial charge in [0, 0.05) is 6.04 Å². The molecule has 0 aromatic heterocycles. The number of hydrogen-bond donors (Lipinski definition) is 1. The topological polar surface area (TPSA) is 57.6 Å². The van der Waals surface area contributed by atoms with Gasteiger partial charge in [0.15, 0.2) is 0 Å². The summed E-state index contributed by atoms with van der Waals surface area (Å²) >= 11 is 1.60. The molecule has 5 heteroatoms. The van der Waals surface area contributed by atoms with Crippen LogP contribution < -0.4 is 0 Å². The largest absolute Gasteiger partial charge is 0.480 e. The van der Waals surface area contributed by atoms with Gasteiger partial charge >= 0.3 is 5.97 Å². The molecule has 1 aliphatic carbocycles. The van der Waals surface area contributed by atoms with Gasteiger partial charge in [0.2, 0.25) is 6.41 Å². The smallest absolute Gasteiger partial charge is 0.326 e. The summed E-state index contributed by atoms with van der Waals surface area (Å²) in [6.07, 6.45) is 5.04. The number of carbonyl (C=O) groups excluding carboxylic acids is 1. The van der Waals surface area contributed by atoms with Crippen molar-refractivity contribution in [2.24, 2.45) is 0 Å². The molecule has 0 aromatic carbocycles. The second-order valence-corrected chi connectivity index (χ2v) is 4.40. The minimum Gasteiger partial charge on any atom is -0.480 e. The molecule has 1 atom stereocenters. The molecule has 1 saturated carbocycles. The van der Waals surface area contributed by atoms with Crippen molar-refractivity contribution in [3.63, 3.8) is 0 Å². The van der Waals surface area contributed by atoms with Crippen molar-refractivity contribution >= 4 is 24.1 Å². The minimum absolute atomic E-state index is 0.176. The van der Waals surface area contributed by atoms with Crippen LogP contribution in [0.1, 0.15) is 19.3 Å². The minimum atomic E-state index is -0.891. The molecule has 0 aliphatic heterocycles. The molecule has 1 rings (SSSR count). The SMILES string of the molecule is CSCCC(C(=O)O)N(C=O)C1CC1. The van der Waals surface area contributed by atoms with Gasteiger partial charge in [-0.3, -0.25) is 4.79 Å². The number of amides is 1. The zero-order valence-corrected chi connectivity index (χ0v) is 9.00. The number of aliphatic carboxylic acids is 1. The highest BCUT2D eigenvalue weighted by Gasteiger charge is 2.35. The molecule has 1 fully saturated rings. The predicted octanol–water partition coefficient (Wildman–Crippen LogP) is 0.813. The van der Waals surface area contributed by atoms with Crippen LogP contribution in [-0.2, 0) is 9.59 Å². The summed E-state index contributed by atoms with van der Waals surface area (Å²) < 4.78 is 0. The average molecular weight is 217 g/mol. The Kier molecular flexibility index (Phi) is 4.25. The molecular weight excluding hydrogens is 202 g/mol. The molecule has 1 amide bonds. The van der Waals surface area contributed by atoms with Crippen LogP contribution in [0, 0.1) is 0 Å². The van der Waals surface area contributed by atoms with Crippen LogP contribution in [0.2, 0.25) is 0 Å². The normalized spacial score (nSPS) is 17.5.